The maximum Gasteiger partial charge on any atom is 0.246 e. The zero-order chi connectivity index (χ0) is 17.8. The first-order valence-electron chi connectivity index (χ1n) is 8.50. The van der Waals surface area contributed by atoms with Crippen molar-refractivity contribution in [3.63, 3.8) is 0 Å². The molecule has 8 heteroatoms. The second-order valence-electron chi connectivity index (χ2n) is 6.43. The third-order valence-corrected chi connectivity index (χ3v) is 4.71. The van der Waals surface area contributed by atoms with Crippen molar-refractivity contribution in [3.8, 4) is 0 Å². The molecule has 2 aromatic heterocycles. The van der Waals surface area contributed by atoms with E-state index in [0.717, 1.165) is 43.1 Å². The average molecular weight is 347 g/mol. The molecule has 0 unspecified atom stereocenters. The SMILES string of the molecule is COCC(=O)NC[C@H]1CCn2nccc2CN1Cc1c(C)noc1C. The standard InChI is InChI=1S/C17H25N5O3/c1-12-16(13(2)25-20-12)10-21-9-15-4-6-19-22(15)7-5-14(21)8-18-17(23)11-24-3/h4,6,14H,5,7-11H2,1-3H3,(H,18,23)/t14-/m1/s1. The number of methoxy groups -OCH3 is 1. The minimum atomic E-state index is -0.0956. The van der Waals surface area contributed by atoms with Gasteiger partial charge in [0.2, 0.25) is 5.91 Å². The van der Waals surface area contributed by atoms with Crippen molar-refractivity contribution in [3.05, 3.63) is 35.0 Å². The maximum absolute atomic E-state index is 11.8. The lowest BCUT2D eigenvalue weighted by Crippen LogP contribution is -2.43. The van der Waals surface area contributed by atoms with Crippen LogP contribution in [-0.2, 0) is 29.2 Å². The molecule has 0 fully saturated rings. The van der Waals surface area contributed by atoms with Crippen LogP contribution in [0, 0.1) is 13.8 Å². The molecule has 136 valence electrons. The largest absolute Gasteiger partial charge is 0.375 e. The molecule has 1 aliphatic heterocycles. The smallest absolute Gasteiger partial charge is 0.246 e. The first-order valence-corrected chi connectivity index (χ1v) is 8.50. The Morgan fingerprint density at radius 3 is 3.04 bits per heavy atom. The van der Waals surface area contributed by atoms with E-state index in [1.54, 1.807) is 0 Å². The van der Waals surface area contributed by atoms with E-state index in [4.69, 9.17) is 9.26 Å². The summed E-state index contributed by atoms with van der Waals surface area (Å²) < 4.78 is 12.2. The average Bonchev–Trinajstić information content (AvgIpc) is 3.11. The van der Waals surface area contributed by atoms with Gasteiger partial charge in [0.15, 0.2) is 0 Å². The van der Waals surface area contributed by atoms with E-state index in [1.165, 1.54) is 12.8 Å². The van der Waals surface area contributed by atoms with Crippen molar-refractivity contribution < 1.29 is 14.1 Å². The lowest BCUT2D eigenvalue weighted by molar-refractivity contribution is -0.125. The Morgan fingerprint density at radius 2 is 2.32 bits per heavy atom. The van der Waals surface area contributed by atoms with E-state index in [9.17, 15) is 4.79 Å². The van der Waals surface area contributed by atoms with Gasteiger partial charge in [0.1, 0.15) is 12.4 Å². The summed E-state index contributed by atoms with van der Waals surface area (Å²) in [7, 11) is 1.52. The number of aromatic nitrogens is 3. The Kier molecular flexibility index (Phi) is 5.50. The third kappa shape index (κ3) is 4.08. The fourth-order valence-electron chi connectivity index (χ4n) is 3.25. The molecule has 1 atom stereocenters. The summed E-state index contributed by atoms with van der Waals surface area (Å²) in [6.45, 7) is 6.90. The van der Waals surface area contributed by atoms with Crippen LogP contribution < -0.4 is 5.32 Å². The number of ether oxygens (including phenoxy) is 1. The van der Waals surface area contributed by atoms with Crippen molar-refractivity contribution >= 4 is 5.91 Å². The van der Waals surface area contributed by atoms with Gasteiger partial charge in [-0.3, -0.25) is 14.4 Å². The lowest BCUT2D eigenvalue weighted by atomic mass is 10.1. The van der Waals surface area contributed by atoms with E-state index < -0.39 is 0 Å². The van der Waals surface area contributed by atoms with E-state index in [1.807, 2.05) is 30.8 Å². The summed E-state index contributed by atoms with van der Waals surface area (Å²) >= 11 is 0. The van der Waals surface area contributed by atoms with Crippen LogP contribution >= 0.6 is 0 Å². The van der Waals surface area contributed by atoms with Gasteiger partial charge in [-0.1, -0.05) is 5.16 Å². The first-order chi connectivity index (χ1) is 12.1. The number of hydrogen-bond donors (Lipinski definition) is 1. The highest BCUT2D eigenvalue weighted by Crippen LogP contribution is 2.22. The summed E-state index contributed by atoms with van der Waals surface area (Å²) in [4.78, 5) is 14.1. The zero-order valence-corrected chi connectivity index (χ0v) is 15.0. The van der Waals surface area contributed by atoms with Crippen LogP contribution in [0.3, 0.4) is 0 Å². The van der Waals surface area contributed by atoms with Gasteiger partial charge in [-0.2, -0.15) is 5.10 Å². The van der Waals surface area contributed by atoms with Gasteiger partial charge in [0.05, 0.1) is 11.4 Å². The van der Waals surface area contributed by atoms with E-state index >= 15 is 0 Å². The fraction of sp³-hybridized carbons (Fsp3) is 0.588. The number of amides is 1. The van der Waals surface area contributed by atoms with E-state index in [2.05, 4.69) is 20.5 Å². The van der Waals surface area contributed by atoms with Gasteiger partial charge in [0, 0.05) is 51.1 Å². The monoisotopic (exact) mass is 347 g/mol. The number of hydrogen-bond acceptors (Lipinski definition) is 6. The lowest BCUT2D eigenvalue weighted by Gasteiger charge is -2.29. The molecule has 3 rings (SSSR count). The molecule has 0 bridgehead atoms. The Morgan fingerprint density at radius 1 is 1.48 bits per heavy atom. The van der Waals surface area contributed by atoms with Gasteiger partial charge < -0.3 is 14.6 Å². The number of carbonyl (C=O) groups is 1. The Balaban J connectivity index is 1.76. The molecule has 0 radical (unpaired) electrons. The van der Waals surface area contributed by atoms with Crippen molar-refractivity contribution in [2.75, 3.05) is 20.3 Å². The van der Waals surface area contributed by atoms with E-state index in [-0.39, 0.29) is 18.6 Å². The molecule has 0 saturated heterocycles. The Labute approximate surface area is 147 Å². The zero-order valence-electron chi connectivity index (χ0n) is 15.0. The highest BCUT2D eigenvalue weighted by atomic mass is 16.5. The normalized spacial score (nSPS) is 18.0. The van der Waals surface area contributed by atoms with Crippen molar-refractivity contribution in [1.82, 2.24) is 25.2 Å². The van der Waals surface area contributed by atoms with Crippen LogP contribution in [0.4, 0.5) is 0 Å². The molecule has 8 nitrogen and oxygen atoms in total. The maximum atomic E-state index is 11.8. The Hall–Kier alpha value is -2.19. The van der Waals surface area contributed by atoms with Gasteiger partial charge in [-0.25, -0.2) is 0 Å². The second-order valence-corrected chi connectivity index (χ2v) is 6.43. The summed E-state index contributed by atoms with van der Waals surface area (Å²) in [5.41, 5.74) is 3.20. The summed E-state index contributed by atoms with van der Waals surface area (Å²) in [6.07, 6.45) is 2.75. The number of nitrogens with zero attached hydrogens (tertiary/aromatic N) is 4. The number of nitrogens with one attached hydrogen (secondary N) is 1. The van der Waals surface area contributed by atoms with Gasteiger partial charge >= 0.3 is 0 Å². The molecule has 3 heterocycles. The second kappa shape index (κ2) is 7.79. The molecular weight excluding hydrogens is 322 g/mol. The van der Waals surface area contributed by atoms with Crippen LogP contribution in [-0.4, -0.2) is 52.0 Å². The molecule has 25 heavy (non-hydrogen) atoms. The number of rotatable bonds is 6. The molecule has 0 saturated carbocycles. The third-order valence-electron chi connectivity index (χ3n) is 4.71. The van der Waals surface area contributed by atoms with Gasteiger partial charge in [0.25, 0.3) is 0 Å². The van der Waals surface area contributed by atoms with Crippen LogP contribution in [0.15, 0.2) is 16.8 Å². The topological polar surface area (TPSA) is 85.4 Å². The van der Waals surface area contributed by atoms with Crippen molar-refractivity contribution in [2.45, 2.75) is 45.9 Å². The fourth-order valence-corrected chi connectivity index (χ4v) is 3.25. The molecular formula is C17H25N5O3. The van der Waals surface area contributed by atoms with Gasteiger partial charge in [-0.15, -0.1) is 0 Å². The number of fused-ring (bicyclic) bond motifs is 1. The number of aryl methyl sites for hydroxylation is 3. The first kappa shape index (κ1) is 17.6. The van der Waals surface area contributed by atoms with Crippen LogP contribution in [0.2, 0.25) is 0 Å². The molecule has 2 aromatic rings. The Bertz CT molecular complexity index is 704. The van der Waals surface area contributed by atoms with Crippen LogP contribution in [0.5, 0.6) is 0 Å². The predicted octanol–water partition coefficient (Wildman–Crippen LogP) is 1.03. The summed E-state index contributed by atoms with van der Waals surface area (Å²) in [5.74, 6) is 0.749. The summed E-state index contributed by atoms with van der Waals surface area (Å²) in [6, 6.07) is 2.25. The predicted molar refractivity (Wildman–Crippen MR) is 90.7 cm³/mol. The number of carbonyl (C=O) groups excluding carboxylic acids is 1. The molecule has 0 spiro atoms. The van der Waals surface area contributed by atoms with Gasteiger partial charge in [-0.05, 0) is 26.3 Å². The highest BCUT2D eigenvalue weighted by molar-refractivity contribution is 5.77. The van der Waals surface area contributed by atoms with Crippen molar-refractivity contribution in [2.24, 2.45) is 0 Å². The summed E-state index contributed by atoms with van der Waals surface area (Å²) in [5, 5.41) is 11.4. The molecule has 0 aromatic carbocycles. The molecule has 1 N–H and O–H groups in total. The quantitative estimate of drug-likeness (QED) is 0.840. The van der Waals surface area contributed by atoms with Crippen molar-refractivity contribution in [1.29, 1.82) is 0 Å². The molecule has 1 aliphatic rings. The van der Waals surface area contributed by atoms with E-state index in [0.29, 0.717) is 6.54 Å². The van der Waals surface area contributed by atoms with Crippen LogP contribution in [0.25, 0.3) is 0 Å². The highest BCUT2D eigenvalue weighted by Gasteiger charge is 2.26. The molecule has 1 amide bonds. The van der Waals surface area contributed by atoms with Crippen LogP contribution in [0.1, 0.15) is 29.1 Å². The molecule has 0 aliphatic carbocycles. The minimum Gasteiger partial charge on any atom is -0.375 e. The minimum absolute atomic E-state index is 0.0815.